The normalized spacial score (nSPS) is 13.3. The number of fused-ring (bicyclic) bond motifs is 1. The first-order valence-corrected chi connectivity index (χ1v) is 7.55. The number of aryl methyl sites for hydroxylation is 3. The molecule has 1 aliphatic carbocycles. The van der Waals surface area contributed by atoms with Gasteiger partial charge < -0.3 is 4.74 Å². The van der Waals surface area contributed by atoms with Crippen LogP contribution >= 0.6 is 11.6 Å². The summed E-state index contributed by atoms with van der Waals surface area (Å²) in [6.45, 7) is 2.53. The van der Waals surface area contributed by atoms with E-state index in [1.54, 1.807) is 0 Å². The number of hydrogen-bond donors (Lipinski definition) is 0. The molecule has 104 valence electrons. The molecular formula is C17H18ClNO. The molecule has 1 heterocycles. The summed E-state index contributed by atoms with van der Waals surface area (Å²) < 4.78 is 5.88. The zero-order valence-corrected chi connectivity index (χ0v) is 12.4. The fraction of sp³-hybridized carbons (Fsp3) is 0.353. The highest BCUT2D eigenvalue weighted by Gasteiger charge is 2.11. The summed E-state index contributed by atoms with van der Waals surface area (Å²) in [6.07, 6.45) is 3.69. The summed E-state index contributed by atoms with van der Waals surface area (Å²) in [7, 11) is 0. The molecule has 2 aromatic rings. The molecule has 0 fully saturated rings. The van der Waals surface area contributed by atoms with Gasteiger partial charge in [0.2, 0.25) is 0 Å². The number of nitrogens with zero attached hydrogens (tertiary/aromatic N) is 1. The molecule has 0 spiro atoms. The van der Waals surface area contributed by atoms with Crippen molar-refractivity contribution in [3.05, 3.63) is 58.4 Å². The van der Waals surface area contributed by atoms with Crippen molar-refractivity contribution in [1.82, 2.24) is 4.98 Å². The number of benzene rings is 1. The van der Waals surface area contributed by atoms with Crippen LogP contribution in [0, 0.1) is 6.92 Å². The van der Waals surface area contributed by atoms with Crippen LogP contribution in [0.4, 0.5) is 0 Å². The van der Waals surface area contributed by atoms with Gasteiger partial charge in [0.05, 0.1) is 11.6 Å². The number of hydrogen-bond acceptors (Lipinski definition) is 2. The Morgan fingerprint density at radius 2 is 2.00 bits per heavy atom. The maximum Gasteiger partial charge on any atom is 0.142 e. The van der Waals surface area contributed by atoms with Crippen LogP contribution in [0.25, 0.3) is 0 Å². The van der Waals surface area contributed by atoms with E-state index in [0.29, 0.717) is 12.5 Å². The zero-order chi connectivity index (χ0) is 13.9. The minimum absolute atomic E-state index is 0.376. The largest absolute Gasteiger partial charge is 0.487 e. The highest BCUT2D eigenvalue weighted by molar-refractivity contribution is 6.17. The van der Waals surface area contributed by atoms with E-state index in [2.05, 4.69) is 23.2 Å². The van der Waals surface area contributed by atoms with Gasteiger partial charge in [0.1, 0.15) is 12.4 Å². The highest BCUT2D eigenvalue weighted by Crippen LogP contribution is 2.24. The molecule has 0 radical (unpaired) electrons. The van der Waals surface area contributed by atoms with Crippen LogP contribution in [0.15, 0.2) is 30.3 Å². The van der Waals surface area contributed by atoms with Crippen molar-refractivity contribution in [3.8, 4) is 5.75 Å². The third kappa shape index (κ3) is 2.80. The second kappa shape index (κ2) is 5.84. The molecule has 0 atom stereocenters. The summed E-state index contributed by atoms with van der Waals surface area (Å²) in [5.41, 5.74) is 5.96. The van der Waals surface area contributed by atoms with Crippen molar-refractivity contribution in [2.45, 2.75) is 38.7 Å². The van der Waals surface area contributed by atoms with E-state index in [0.717, 1.165) is 17.1 Å². The Bertz CT molecular complexity index is 624. The van der Waals surface area contributed by atoms with Crippen LogP contribution in [-0.4, -0.2) is 4.98 Å². The van der Waals surface area contributed by atoms with Crippen LogP contribution in [-0.2, 0) is 25.3 Å². The van der Waals surface area contributed by atoms with E-state index >= 15 is 0 Å². The maximum absolute atomic E-state index is 5.92. The Balaban J connectivity index is 1.73. The Morgan fingerprint density at radius 3 is 2.85 bits per heavy atom. The Labute approximate surface area is 124 Å². The van der Waals surface area contributed by atoms with Gasteiger partial charge in [0.15, 0.2) is 0 Å². The van der Waals surface area contributed by atoms with E-state index in [9.17, 15) is 0 Å². The van der Waals surface area contributed by atoms with Gasteiger partial charge in [-0.25, -0.2) is 0 Å². The van der Waals surface area contributed by atoms with Crippen molar-refractivity contribution in [2.24, 2.45) is 0 Å². The lowest BCUT2D eigenvalue weighted by molar-refractivity contribution is 0.302. The first-order valence-electron chi connectivity index (χ1n) is 7.02. The highest BCUT2D eigenvalue weighted by atomic mass is 35.5. The fourth-order valence-corrected chi connectivity index (χ4v) is 2.89. The van der Waals surface area contributed by atoms with Crippen molar-refractivity contribution in [2.75, 3.05) is 0 Å². The Hall–Kier alpha value is -1.54. The zero-order valence-electron chi connectivity index (χ0n) is 11.7. The molecule has 1 aromatic carbocycles. The molecule has 0 bridgehead atoms. The number of ether oxygens (including phenoxy) is 1. The molecule has 0 saturated heterocycles. The molecule has 1 aromatic heterocycles. The van der Waals surface area contributed by atoms with E-state index < -0.39 is 0 Å². The van der Waals surface area contributed by atoms with Gasteiger partial charge in [-0.2, -0.15) is 0 Å². The number of pyridine rings is 1. The number of alkyl halides is 1. The first kappa shape index (κ1) is 13.4. The van der Waals surface area contributed by atoms with Crippen molar-refractivity contribution in [3.63, 3.8) is 0 Å². The second-order valence-electron chi connectivity index (χ2n) is 5.28. The molecular weight excluding hydrogens is 270 g/mol. The lowest BCUT2D eigenvalue weighted by Gasteiger charge is -2.11. The molecule has 0 aliphatic heterocycles. The van der Waals surface area contributed by atoms with E-state index in [4.69, 9.17) is 16.3 Å². The van der Waals surface area contributed by atoms with Crippen LogP contribution in [0.3, 0.4) is 0 Å². The number of rotatable bonds is 4. The van der Waals surface area contributed by atoms with Gasteiger partial charge in [0, 0.05) is 5.69 Å². The third-order valence-corrected chi connectivity index (χ3v) is 4.01. The average Bonchev–Trinajstić information content (AvgIpc) is 2.93. The van der Waals surface area contributed by atoms with E-state index in [-0.39, 0.29) is 0 Å². The average molecular weight is 288 g/mol. The van der Waals surface area contributed by atoms with Gasteiger partial charge in [-0.15, -0.1) is 11.6 Å². The molecule has 3 rings (SSSR count). The van der Waals surface area contributed by atoms with Gasteiger partial charge in [-0.3, -0.25) is 4.98 Å². The summed E-state index contributed by atoms with van der Waals surface area (Å²) >= 11 is 5.92. The lowest BCUT2D eigenvalue weighted by atomic mass is 10.1. The Morgan fingerprint density at radius 1 is 1.15 bits per heavy atom. The summed E-state index contributed by atoms with van der Waals surface area (Å²) in [6, 6.07) is 10.6. The molecule has 0 N–H and O–H groups in total. The summed E-state index contributed by atoms with van der Waals surface area (Å²) in [4.78, 5) is 4.40. The van der Waals surface area contributed by atoms with Gasteiger partial charge in [-0.1, -0.05) is 18.2 Å². The molecule has 1 aliphatic rings. The second-order valence-corrected chi connectivity index (χ2v) is 5.54. The predicted molar refractivity (Wildman–Crippen MR) is 81.3 cm³/mol. The molecule has 0 saturated carbocycles. The predicted octanol–water partition coefficient (Wildman–Crippen LogP) is 4.20. The van der Waals surface area contributed by atoms with Crippen molar-refractivity contribution in [1.29, 1.82) is 0 Å². The van der Waals surface area contributed by atoms with Crippen LogP contribution in [0.2, 0.25) is 0 Å². The van der Waals surface area contributed by atoms with E-state index in [1.165, 1.54) is 36.0 Å². The van der Waals surface area contributed by atoms with Crippen molar-refractivity contribution < 1.29 is 4.74 Å². The van der Waals surface area contributed by atoms with Crippen molar-refractivity contribution >= 4 is 11.6 Å². The minimum Gasteiger partial charge on any atom is -0.487 e. The quantitative estimate of drug-likeness (QED) is 0.787. The third-order valence-electron chi connectivity index (χ3n) is 3.76. The molecule has 0 unspecified atom stereocenters. The lowest BCUT2D eigenvalue weighted by Crippen LogP contribution is -2.01. The van der Waals surface area contributed by atoms with Crippen LogP contribution in [0.1, 0.15) is 34.5 Å². The van der Waals surface area contributed by atoms with E-state index in [1.807, 2.05) is 19.1 Å². The molecule has 20 heavy (non-hydrogen) atoms. The molecule has 0 amide bonds. The first-order chi connectivity index (χ1) is 9.76. The van der Waals surface area contributed by atoms with Crippen LogP contribution < -0.4 is 4.74 Å². The Kier molecular flexibility index (Phi) is 3.93. The van der Waals surface area contributed by atoms with Gasteiger partial charge >= 0.3 is 0 Å². The maximum atomic E-state index is 5.92. The summed E-state index contributed by atoms with van der Waals surface area (Å²) in [5, 5.41) is 0. The van der Waals surface area contributed by atoms with Crippen LogP contribution in [0.5, 0.6) is 5.75 Å². The molecule has 3 heteroatoms. The SMILES string of the molecule is Cc1ccc(OCc2ccc3c(c2)CCC3)c(CCl)n1. The number of halogens is 1. The standard InChI is InChI=1S/C17H18ClNO/c1-12-5-8-17(16(10-18)19-12)20-11-13-6-7-14-3-2-4-15(14)9-13/h5-9H,2-4,10-11H2,1H3. The number of aromatic nitrogens is 1. The summed E-state index contributed by atoms with van der Waals surface area (Å²) in [5.74, 6) is 1.16. The van der Waals surface area contributed by atoms with Gasteiger partial charge in [-0.05, 0) is 55.0 Å². The topological polar surface area (TPSA) is 22.1 Å². The van der Waals surface area contributed by atoms with Gasteiger partial charge in [0.25, 0.3) is 0 Å². The fourth-order valence-electron chi connectivity index (χ4n) is 2.70. The smallest absolute Gasteiger partial charge is 0.142 e. The minimum atomic E-state index is 0.376. The monoisotopic (exact) mass is 287 g/mol. The molecule has 2 nitrogen and oxygen atoms in total.